The molecule has 1 amide bonds. The average Bonchev–Trinajstić information content (AvgIpc) is 2.87. The van der Waals surface area contributed by atoms with Crippen LogP contribution in [0.15, 0.2) is 72.8 Å². The summed E-state index contributed by atoms with van der Waals surface area (Å²) in [4.78, 5) is 20.0. The van der Waals surface area contributed by atoms with Crippen molar-refractivity contribution in [3.8, 4) is 0 Å². The average molecular weight is 457 g/mol. The van der Waals surface area contributed by atoms with E-state index in [9.17, 15) is 4.79 Å². The number of nitrogens with zero attached hydrogens (tertiary/aromatic N) is 3. The van der Waals surface area contributed by atoms with Crippen LogP contribution < -0.4 is 15.1 Å². The summed E-state index contributed by atoms with van der Waals surface area (Å²) in [6, 6.07) is 25.4. The van der Waals surface area contributed by atoms with Gasteiger partial charge in [0.25, 0.3) is 5.91 Å². The highest BCUT2D eigenvalue weighted by atomic mass is 16.1. The number of anilines is 2. The van der Waals surface area contributed by atoms with Crippen molar-refractivity contribution < 1.29 is 4.79 Å². The van der Waals surface area contributed by atoms with Gasteiger partial charge in [-0.15, -0.1) is 0 Å². The third kappa shape index (κ3) is 5.60. The van der Waals surface area contributed by atoms with Crippen molar-refractivity contribution in [1.29, 1.82) is 0 Å². The number of hydrogen-bond donors (Lipinski definition) is 1. The molecule has 5 nitrogen and oxygen atoms in total. The summed E-state index contributed by atoms with van der Waals surface area (Å²) in [6.45, 7) is 8.55. The quantitative estimate of drug-likeness (QED) is 0.561. The highest BCUT2D eigenvalue weighted by Crippen LogP contribution is 2.26. The van der Waals surface area contributed by atoms with Crippen LogP contribution in [0.25, 0.3) is 0 Å². The van der Waals surface area contributed by atoms with Crippen molar-refractivity contribution in [3.63, 3.8) is 0 Å². The highest BCUT2D eigenvalue weighted by Gasteiger charge is 2.26. The lowest BCUT2D eigenvalue weighted by Crippen LogP contribution is -2.50. The zero-order valence-electron chi connectivity index (χ0n) is 20.8. The Kier molecular flexibility index (Phi) is 7.53. The molecule has 34 heavy (non-hydrogen) atoms. The predicted molar refractivity (Wildman–Crippen MR) is 142 cm³/mol. The molecular weight excluding hydrogens is 420 g/mol. The maximum Gasteiger partial charge on any atom is 0.251 e. The fraction of sp³-hybridized carbons (Fsp3) is 0.345. The predicted octanol–water partition coefficient (Wildman–Crippen LogP) is 4.66. The van der Waals surface area contributed by atoms with Gasteiger partial charge in [-0.3, -0.25) is 9.69 Å². The van der Waals surface area contributed by atoms with Gasteiger partial charge in [0, 0.05) is 63.8 Å². The molecule has 0 saturated carbocycles. The SMILES string of the molecule is Cc1ccc(C(=O)NCC(c2ccc(N(C)C)cc2)N2CCN(c3ccccc3)CC2)cc1C. The largest absolute Gasteiger partial charge is 0.378 e. The number of nitrogens with one attached hydrogen (secondary N) is 1. The summed E-state index contributed by atoms with van der Waals surface area (Å²) in [7, 11) is 4.11. The Hall–Kier alpha value is -3.31. The summed E-state index contributed by atoms with van der Waals surface area (Å²) >= 11 is 0. The summed E-state index contributed by atoms with van der Waals surface area (Å²) < 4.78 is 0. The lowest BCUT2D eigenvalue weighted by atomic mass is 10.0. The first-order chi connectivity index (χ1) is 16.4. The van der Waals surface area contributed by atoms with E-state index in [2.05, 4.69) is 95.6 Å². The number of benzene rings is 3. The standard InChI is InChI=1S/C29H36N4O/c1-22-10-11-25(20-23(22)2)29(34)30-21-28(24-12-14-26(15-13-24)31(3)4)33-18-16-32(17-19-33)27-8-6-5-7-9-27/h5-15,20,28H,16-19,21H2,1-4H3,(H,30,34). The number of aryl methyl sites for hydroxylation is 2. The molecule has 0 aliphatic carbocycles. The minimum Gasteiger partial charge on any atom is -0.378 e. The Labute approximate surface area is 204 Å². The number of rotatable bonds is 7. The molecule has 0 spiro atoms. The molecule has 1 atom stereocenters. The lowest BCUT2D eigenvalue weighted by molar-refractivity contribution is 0.0930. The van der Waals surface area contributed by atoms with E-state index in [0.717, 1.165) is 37.3 Å². The van der Waals surface area contributed by atoms with Gasteiger partial charge in [-0.25, -0.2) is 0 Å². The normalized spacial score (nSPS) is 15.1. The third-order valence-corrected chi connectivity index (χ3v) is 6.90. The first-order valence-corrected chi connectivity index (χ1v) is 12.1. The van der Waals surface area contributed by atoms with E-state index in [1.807, 2.05) is 25.1 Å². The van der Waals surface area contributed by atoms with Gasteiger partial charge in [0.05, 0.1) is 6.04 Å². The van der Waals surface area contributed by atoms with Gasteiger partial charge in [0.15, 0.2) is 0 Å². The van der Waals surface area contributed by atoms with Crippen molar-refractivity contribution in [2.75, 3.05) is 56.6 Å². The van der Waals surface area contributed by atoms with Crippen LogP contribution in [0.1, 0.15) is 33.1 Å². The molecule has 3 aromatic rings. The molecule has 1 heterocycles. The molecule has 1 fully saturated rings. The van der Waals surface area contributed by atoms with E-state index in [1.54, 1.807) is 0 Å². The monoisotopic (exact) mass is 456 g/mol. The topological polar surface area (TPSA) is 38.8 Å². The molecule has 1 aliphatic heterocycles. The van der Waals surface area contributed by atoms with Crippen LogP contribution in [0.4, 0.5) is 11.4 Å². The molecule has 3 aromatic carbocycles. The Morgan fingerprint density at radius 1 is 0.882 bits per heavy atom. The van der Waals surface area contributed by atoms with Crippen molar-refractivity contribution in [2.24, 2.45) is 0 Å². The Bertz CT molecular complexity index is 1090. The molecule has 1 aliphatic rings. The fourth-order valence-corrected chi connectivity index (χ4v) is 4.56. The molecule has 0 aromatic heterocycles. The highest BCUT2D eigenvalue weighted by molar-refractivity contribution is 5.94. The third-order valence-electron chi connectivity index (χ3n) is 6.90. The number of hydrogen-bond acceptors (Lipinski definition) is 4. The molecule has 1 saturated heterocycles. The molecule has 1 N–H and O–H groups in total. The van der Waals surface area contributed by atoms with Crippen molar-refractivity contribution in [2.45, 2.75) is 19.9 Å². The molecular formula is C29H36N4O. The summed E-state index contributed by atoms with van der Waals surface area (Å²) in [5.41, 5.74) is 6.75. The van der Waals surface area contributed by atoms with E-state index in [-0.39, 0.29) is 11.9 Å². The van der Waals surface area contributed by atoms with E-state index >= 15 is 0 Å². The molecule has 4 rings (SSSR count). The first kappa shape index (κ1) is 23.8. The van der Waals surface area contributed by atoms with Crippen LogP contribution in [0.5, 0.6) is 0 Å². The zero-order chi connectivity index (χ0) is 24.1. The Morgan fingerprint density at radius 2 is 1.56 bits per heavy atom. The Balaban J connectivity index is 1.49. The maximum absolute atomic E-state index is 13.0. The second-order valence-corrected chi connectivity index (χ2v) is 9.37. The van der Waals surface area contributed by atoms with Crippen LogP contribution in [-0.2, 0) is 0 Å². The van der Waals surface area contributed by atoms with Crippen LogP contribution >= 0.6 is 0 Å². The van der Waals surface area contributed by atoms with E-state index < -0.39 is 0 Å². The van der Waals surface area contributed by atoms with Crippen LogP contribution in [0.3, 0.4) is 0 Å². The van der Waals surface area contributed by atoms with Gasteiger partial charge < -0.3 is 15.1 Å². The number of carbonyl (C=O) groups is 1. The van der Waals surface area contributed by atoms with Gasteiger partial charge >= 0.3 is 0 Å². The number of carbonyl (C=O) groups excluding carboxylic acids is 1. The fourth-order valence-electron chi connectivity index (χ4n) is 4.56. The molecule has 5 heteroatoms. The van der Waals surface area contributed by atoms with Crippen molar-refractivity contribution in [3.05, 3.63) is 95.1 Å². The van der Waals surface area contributed by atoms with E-state index in [4.69, 9.17) is 0 Å². The molecule has 0 bridgehead atoms. The van der Waals surface area contributed by atoms with Gasteiger partial charge in [-0.1, -0.05) is 36.4 Å². The number of amides is 1. The lowest BCUT2D eigenvalue weighted by Gasteiger charge is -2.40. The smallest absolute Gasteiger partial charge is 0.251 e. The van der Waals surface area contributed by atoms with Crippen LogP contribution in [0, 0.1) is 13.8 Å². The minimum absolute atomic E-state index is 0.0130. The first-order valence-electron chi connectivity index (χ1n) is 12.1. The zero-order valence-corrected chi connectivity index (χ0v) is 20.8. The van der Waals surface area contributed by atoms with E-state index in [0.29, 0.717) is 6.54 Å². The number of para-hydroxylation sites is 1. The van der Waals surface area contributed by atoms with Crippen LogP contribution in [-0.4, -0.2) is 57.6 Å². The summed E-state index contributed by atoms with van der Waals surface area (Å²) in [5, 5.41) is 3.22. The van der Waals surface area contributed by atoms with Gasteiger partial charge in [-0.2, -0.15) is 0 Å². The van der Waals surface area contributed by atoms with Crippen molar-refractivity contribution in [1.82, 2.24) is 10.2 Å². The molecule has 178 valence electrons. The summed E-state index contributed by atoms with van der Waals surface area (Å²) in [6.07, 6.45) is 0. The molecule has 0 radical (unpaired) electrons. The van der Waals surface area contributed by atoms with Crippen LogP contribution in [0.2, 0.25) is 0 Å². The minimum atomic E-state index is -0.0130. The van der Waals surface area contributed by atoms with Gasteiger partial charge in [0.2, 0.25) is 0 Å². The van der Waals surface area contributed by atoms with Gasteiger partial charge in [-0.05, 0) is 66.9 Å². The Morgan fingerprint density at radius 3 is 2.18 bits per heavy atom. The summed E-state index contributed by atoms with van der Waals surface area (Å²) in [5.74, 6) is -0.0130. The number of piperazine rings is 1. The van der Waals surface area contributed by atoms with Gasteiger partial charge in [0.1, 0.15) is 0 Å². The van der Waals surface area contributed by atoms with E-state index in [1.165, 1.54) is 22.5 Å². The second kappa shape index (κ2) is 10.7. The molecule has 1 unspecified atom stereocenters. The second-order valence-electron chi connectivity index (χ2n) is 9.37. The van der Waals surface area contributed by atoms with Crippen molar-refractivity contribution >= 4 is 17.3 Å². The maximum atomic E-state index is 13.0.